The highest BCUT2D eigenvalue weighted by molar-refractivity contribution is 5.92. The van der Waals surface area contributed by atoms with Gasteiger partial charge in [0.2, 0.25) is 0 Å². The highest BCUT2D eigenvalue weighted by atomic mass is 19.4. The van der Waals surface area contributed by atoms with Crippen LogP contribution in [0.5, 0.6) is 0 Å². The number of hydrogen-bond donors (Lipinski definition) is 1. The molecule has 0 saturated carbocycles. The average molecular weight is 207 g/mol. The van der Waals surface area contributed by atoms with E-state index in [1.807, 2.05) is 0 Å². The Bertz CT molecular complexity index is 257. The van der Waals surface area contributed by atoms with Crippen molar-refractivity contribution in [2.75, 3.05) is 0 Å². The lowest BCUT2D eigenvalue weighted by Gasteiger charge is -2.17. The van der Waals surface area contributed by atoms with E-state index in [9.17, 15) is 18.0 Å². The van der Waals surface area contributed by atoms with Crippen LogP contribution in [0.4, 0.5) is 13.2 Å². The summed E-state index contributed by atoms with van der Waals surface area (Å²) in [6, 6.07) is -0.674. The Hall–Kier alpha value is -1.00. The minimum absolute atomic E-state index is 0.0216. The first-order chi connectivity index (χ1) is 6.37. The van der Waals surface area contributed by atoms with E-state index < -0.39 is 18.6 Å². The van der Waals surface area contributed by atoms with Crippen molar-refractivity contribution < 1.29 is 18.0 Å². The molecule has 0 aromatic rings. The van der Waals surface area contributed by atoms with Crippen LogP contribution in [0.25, 0.3) is 0 Å². The predicted octanol–water partition coefficient (Wildman–Crippen LogP) is 2.16. The van der Waals surface area contributed by atoms with E-state index in [4.69, 9.17) is 0 Å². The molecule has 0 aromatic heterocycles. The maximum Gasteiger partial charge on any atom is 0.391 e. The molecule has 1 aliphatic rings. The van der Waals surface area contributed by atoms with Crippen molar-refractivity contribution in [1.29, 1.82) is 0 Å². The molecule has 80 valence electrons. The highest BCUT2D eigenvalue weighted by Crippen LogP contribution is 2.22. The second kappa shape index (κ2) is 4.02. The molecular weight excluding hydrogens is 195 g/mol. The topological polar surface area (TPSA) is 29.1 Å². The molecule has 0 bridgehead atoms. The number of nitrogens with one attached hydrogen (secondary N) is 1. The molecule has 0 aliphatic heterocycles. The van der Waals surface area contributed by atoms with Crippen molar-refractivity contribution in [3.8, 4) is 0 Å². The third-order valence-corrected chi connectivity index (χ3v) is 1.95. The van der Waals surface area contributed by atoms with Crippen LogP contribution in [0.15, 0.2) is 11.8 Å². The summed E-state index contributed by atoms with van der Waals surface area (Å²) in [4.78, 5) is 10.8. The Balaban J connectivity index is 2.38. The second-order valence-electron chi connectivity index (χ2n) is 3.50. The van der Waals surface area contributed by atoms with Gasteiger partial charge in [0.1, 0.15) is 0 Å². The zero-order valence-corrected chi connectivity index (χ0v) is 7.82. The first-order valence-corrected chi connectivity index (χ1v) is 4.43. The average Bonchev–Trinajstić information content (AvgIpc) is 2.30. The number of carbonyl (C=O) groups is 1. The molecule has 5 heteroatoms. The zero-order chi connectivity index (χ0) is 10.8. The lowest BCUT2D eigenvalue weighted by atomic mass is 10.2. The summed E-state index contributed by atoms with van der Waals surface area (Å²) >= 11 is 0. The van der Waals surface area contributed by atoms with Crippen molar-refractivity contribution in [3.63, 3.8) is 0 Å². The molecule has 1 aliphatic carbocycles. The molecule has 0 spiro atoms. The van der Waals surface area contributed by atoms with Crippen LogP contribution in [0, 0.1) is 0 Å². The molecule has 1 N–H and O–H groups in total. The highest BCUT2D eigenvalue weighted by Gasteiger charge is 2.30. The number of carbonyl (C=O) groups excluding carboxylic acids is 1. The lowest BCUT2D eigenvalue weighted by molar-refractivity contribution is -0.138. The van der Waals surface area contributed by atoms with Crippen LogP contribution < -0.4 is 5.32 Å². The fourth-order valence-electron chi connectivity index (χ4n) is 1.43. The quantitative estimate of drug-likeness (QED) is 0.768. The third kappa shape index (κ3) is 3.81. The number of rotatable bonds is 3. The van der Waals surface area contributed by atoms with Gasteiger partial charge in [0.15, 0.2) is 5.78 Å². The van der Waals surface area contributed by atoms with Crippen molar-refractivity contribution in [2.24, 2.45) is 0 Å². The van der Waals surface area contributed by atoms with Crippen molar-refractivity contribution >= 4 is 5.78 Å². The molecule has 2 nitrogen and oxygen atoms in total. The number of ketones is 1. The van der Waals surface area contributed by atoms with Crippen LogP contribution in [0.3, 0.4) is 0 Å². The van der Waals surface area contributed by atoms with Gasteiger partial charge in [-0.2, -0.15) is 13.2 Å². The molecule has 0 aromatic carbocycles. The number of hydrogen-bond acceptors (Lipinski definition) is 2. The Morgan fingerprint density at radius 2 is 2.14 bits per heavy atom. The van der Waals surface area contributed by atoms with Gasteiger partial charge in [-0.15, -0.1) is 0 Å². The Labute approximate surface area is 80.2 Å². The SMILES string of the molecule is CC(CC(F)(F)F)NC1=CC(=O)CC1. The van der Waals surface area contributed by atoms with Gasteiger partial charge >= 0.3 is 6.18 Å². The van der Waals surface area contributed by atoms with Crippen molar-refractivity contribution in [1.82, 2.24) is 5.32 Å². The maximum atomic E-state index is 11.9. The smallest absolute Gasteiger partial charge is 0.385 e. The molecule has 1 rings (SSSR count). The number of alkyl halides is 3. The number of allylic oxidation sites excluding steroid dienone is 2. The molecule has 0 radical (unpaired) electrons. The fourth-order valence-corrected chi connectivity index (χ4v) is 1.43. The maximum absolute atomic E-state index is 11.9. The Morgan fingerprint density at radius 1 is 1.50 bits per heavy atom. The molecule has 0 heterocycles. The zero-order valence-electron chi connectivity index (χ0n) is 7.82. The standard InChI is InChI=1S/C9H12F3NO/c1-6(5-9(10,11)12)13-7-2-3-8(14)4-7/h4,6,13H,2-3,5H2,1H3. The first kappa shape index (κ1) is 11.1. The summed E-state index contributed by atoms with van der Waals surface area (Å²) in [5, 5.41) is 2.69. The fraction of sp³-hybridized carbons (Fsp3) is 0.667. The second-order valence-corrected chi connectivity index (χ2v) is 3.50. The van der Waals surface area contributed by atoms with Crippen molar-refractivity contribution in [2.45, 2.75) is 38.4 Å². The van der Waals surface area contributed by atoms with E-state index in [1.54, 1.807) is 0 Å². The van der Waals surface area contributed by atoms with Crippen LogP contribution in [-0.2, 0) is 4.79 Å². The minimum atomic E-state index is -4.16. The van der Waals surface area contributed by atoms with Crippen LogP contribution in [-0.4, -0.2) is 18.0 Å². The number of halogens is 3. The lowest BCUT2D eigenvalue weighted by Crippen LogP contribution is -2.30. The summed E-state index contributed by atoms with van der Waals surface area (Å²) in [5.74, 6) is -0.0216. The van der Waals surface area contributed by atoms with Gasteiger partial charge in [-0.05, 0) is 13.3 Å². The first-order valence-electron chi connectivity index (χ1n) is 4.43. The molecule has 1 atom stereocenters. The van der Waals surface area contributed by atoms with Crippen molar-refractivity contribution in [3.05, 3.63) is 11.8 Å². The van der Waals surface area contributed by atoms with E-state index in [0.29, 0.717) is 18.5 Å². The van der Waals surface area contributed by atoms with Gasteiger partial charge in [0.25, 0.3) is 0 Å². The van der Waals surface area contributed by atoms with Gasteiger partial charge in [0, 0.05) is 24.2 Å². The van der Waals surface area contributed by atoms with Gasteiger partial charge in [-0.25, -0.2) is 0 Å². The Kier molecular flexibility index (Phi) is 3.18. The molecule has 0 amide bonds. The van der Waals surface area contributed by atoms with Gasteiger partial charge in [0.05, 0.1) is 6.42 Å². The molecule has 14 heavy (non-hydrogen) atoms. The van der Waals surface area contributed by atoms with Gasteiger partial charge in [-0.3, -0.25) is 4.79 Å². The molecule has 0 fully saturated rings. The summed E-state index contributed by atoms with van der Waals surface area (Å²) in [7, 11) is 0. The van der Waals surface area contributed by atoms with Crippen LogP contribution in [0.2, 0.25) is 0 Å². The summed E-state index contributed by atoms with van der Waals surface area (Å²) in [6.45, 7) is 1.46. The van der Waals surface area contributed by atoms with Gasteiger partial charge in [-0.1, -0.05) is 0 Å². The molecular formula is C9H12F3NO. The summed E-state index contributed by atoms with van der Waals surface area (Å²) < 4.78 is 35.8. The van der Waals surface area contributed by atoms with E-state index >= 15 is 0 Å². The Morgan fingerprint density at radius 3 is 2.57 bits per heavy atom. The molecule has 0 saturated heterocycles. The van der Waals surface area contributed by atoms with Gasteiger partial charge < -0.3 is 5.32 Å². The largest absolute Gasteiger partial charge is 0.391 e. The van der Waals surface area contributed by atoms with Crippen LogP contribution >= 0.6 is 0 Å². The van der Waals surface area contributed by atoms with E-state index in [2.05, 4.69) is 5.32 Å². The van der Waals surface area contributed by atoms with E-state index in [0.717, 1.165) is 0 Å². The third-order valence-electron chi connectivity index (χ3n) is 1.95. The summed E-state index contributed by atoms with van der Waals surface area (Å²) in [5.41, 5.74) is 0.617. The minimum Gasteiger partial charge on any atom is -0.385 e. The molecule has 1 unspecified atom stereocenters. The normalized spacial score (nSPS) is 19.4. The van der Waals surface area contributed by atoms with E-state index in [1.165, 1.54) is 13.0 Å². The van der Waals surface area contributed by atoms with E-state index in [-0.39, 0.29) is 5.78 Å². The summed E-state index contributed by atoms with van der Waals surface area (Å²) in [6.07, 6.45) is -2.72. The van der Waals surface area contributed by atoms with Crippen LogP contribution in [0.1, 0.15) is 26.2 Å². The predicted molar refractivity (Wildman–Crippen MR) is 45.6 cm³/mol. The monoisotopic (exact) mass is 207 g/mol.